The molecule has 0 aromatic rings. The lowest BCUT2D eigenvalue weighted by Crippen LogP contribution is -2.52. The number of aliphatic hydroxyl groups is 4. The number of nitrogens with one attached hydrogen (secondary N) is 1. The molecule has 6 atom stereocenters. The number of aliphatic hydroxyl groups excluding tert-OH is 4. The van der Waals surface area contributed by atoms with Gasteiger partial charge in [0.05, 0.1) is 19.6 Å². The summed E-state index contributed by atoms with van der Waals surface area (Å²) in [7, 11) is 0. The van der Waals surface area contributed by atoms with E-state index in [0.717, 1.165) is 0 Å². The van der Waals surface area contributed by atoms with Crippen molar-refractivity contribution in [2.75, 3.05) is 19.8 Å². The molecule has 0 radical (unpaired) electrons. The second-order valence-electron chi connectivity index (χ2n) is 5.23. The van der Waals surface area contributed by atoms with Crippen LogP contribution < -0.4 is 5.32 Å². The summed E-state index contributed by atoms with van der Waals surface area (Å²) in [6.07, 6.45) is -1.62. The lowest BCUT2D eigenvalue weighted by molar-refractivity contribution is -0.0778. The highest BCUT2D eigenvalue weighted by Gasteiger charge is 2.49. The van der Waals surface area contributed by atoms with Gasteiger partial charge < -0.3 is 35.4 Å². The zero-order valence-corrected chi connectivity index (χ0v) is 11.7. The van der Waals surface area contributed by atoms with Crippen LogP contribution in [-0.2, 0) is 4.74 Å². The minimum atomic E-state index is -1.18. The molecule has 3 rings (SSSR count). The fraction of sp³-hybridized carbons (Fsp3) is 0.750. The van der Waals surface area contributed by atoms with Gasteiger partial charge in [-0.3, -0.25) is 4.99 Å². The maximum absolute atomic E-state index is 10.1. The van der Waals surface area contributed by atoms with Gasteiger partial charge in [-0.1, -0.05) is 0 Å². The van der Waals surface area contributed by atoms with E-state index in [1.165, 1.54) is 12.7 Å². The van der Waals surface area contributed by atoms with Crippen LogP contribution in [-0.4, -0.2) is 100 Å². The lowest BCUT2D eigenvalue weighted by atomic mass is 10.1. The van der Waals surface area contributed by atoms with E-state index in [2.05, 4.69) is 20.3 Å². The first-order chi connectivity index (χ1) is 10.7. The maximum atomic E-state index is 10.1. The lowest BCUT2D eigenvalue weighted by Gasteiger charge is -2.32. The summed E-state index contributed by atoms with van der Waals surface area (Å²) in [5.41, 5.74) is 0. The summed E-state index contributed by atoms with van der Waals surface area (Å²) in [4.78, 5) is 14.2. The Balaban J connectivity index is 1.73. The molecular formula is C12H19N5O5. The monoisotopic (exact) mass is 313 g/mol. The molecule has 0 spiro atoms. The molecule has 1 fully saturated rings. The number of nitrogens with zero attached hydrogens (tertiary/aromatic N) is 4. The van der Waals surface area contributed by atoms with Gasteiger partial charge in [0, 0.05) is 6.54 Å². The van der Waals surface area contributed by atoms with Crippen LogP contribution in [0, 0.1) is 0 Å². The van der Waals surface area contributed by atoms with Crippen molar-refractivity contribution in [3.63, 3.8) is 0 Å². The molecule has 122 valence electrons. The summed E-state index contributed by atoms with van der Waals surface area (Å²) in [5, 5.41) is 40.9. The number of aliphatic imine (C=N–C) groups is 3. The highest BCUT2D eigenvalue weighted by molar-refractivity contribution is 5.97. The zero-order chi connectivity index (χ0) is 15.7. The van der Waals surface area contributed by atoms with Gasteiger partial charge in [0.25, 0.3) is 0 Å². The molecule has 2 unspecified atom stereocenters. The minimum Gasteiger partial charge on any atom is -0.395 e. The molecule has 1 saturated heterocycles. The Kier molecular flexibility index (Phi) is 4.36. The third-order valence-electron chi connectivity index (χ3n) is 3.87. The van der Waals surface area contributed by atoms with Crippen LogP contribution in [0.1, 0.15) is 0 Å². The summed E-state index contributed by atoms with van der Waals surface area (Å²) in [6, 6.07) is -0.391. The quantitative estimate of drug-likeness (QED) is 0.362. The van der Waals surface area contributed by atoms with Crippen molar-refractivity contribution < 1.29 is 25.2 Å². The fourth-order valence-electron chi connectivity index (χ4n) is 2.74. The minimum absolute atomic E-state index is 0.0319. The first-order valence-electron chi connectivity index (χ1n) is 7.04. The van der Waals surface area contributed by atoms with Gasteiger partial charge in [-0.2, -0.15) is 0 Å². The van der Waals surface area contributed by atoms with Crippen molar-refractivity contribution in [2.45, 2.75) is 36.7 Å². The Hall–Kier alpha value is -1.59. The van der Waals surface area contributed by atoms with Crippen molar-refractivity contribution >= 4 is 18.5 Å². The van der Waals surface area contributed by atoms with E-state index in [1.54, 1.807) is 4.90 Å². The Labute approximate surface area is 126 Å². The van der Waals surface area contributed by atoms with Gasteiger partial charge >= 0.3 is 0 Å². The Morgan fingerprint density at radius 1 is 1.23 bits per heavy atom. The van der Waals surface area contributed by atoms with Crippen molar-refractivity contribution in [1.29, 1.82) is 0 Å². The molecular weight excluding hydrogens is 294 g/mol. The van der Waals surface area contributed by atoms with E-state index >= 15 is 0 Å². The number of hydrogen-bond donors (Lipinski definition) is 5. The van der Waals surface area contributed by atoms with Crippen molar-refractivity contribution in [3.8, 4) is 0 Å². The standard InChI is InChI=1S/C12H19N5O5/c18-2-1-13-10-7-11(15-4-14-10)17(5-16-7)12-9(21)8(20)6(3-19)22-12/h4-9,11-12,18-21H,1-3H2,(H,13,14,15)/t6-,7?,8-,9-,11?,12-/m1/s1. The average molecular weight is 313 g/mol. The second kappa shape index (κ2) is 6.26. The number of fused-ring (bicyclic) bond motifs is 1. The van der Waals surface area contributed by atoms with E-state index < -0.39 is 36.7 Å². The van der Waals surface area contributed by atoms with Gasteiger partial charge in [-0.05, 0) is 0 Å². The molecule has 0 amide bonds. The smallest absolute Gasteiger partial charge is 0.162 e. The third kappa shape index (κ3) is 2.48. The number of rotatable bonds is 4. The Morgan fingerprint density at radius 2 is 2.05 bits per heavy atom. The molecule has 10 heteroatoms. The second-order valence-corrected chi connectivity index (χ2v) is 5.23. The summed E-state index contributed by atoms with van der Waals surface area (Å²) >= 11 is 0. The molecule has 3 aliphatic heterocycles. The first kappa shape index (κ1) is 15.3. The molecule has 22 heavy (non-hydrogen) atoms. The zero-order valence-electron chi connectivity index (χ0n) is 11.7. The molecule has 0 aromatic carbocycles. The van der Waals surface area contributed by atoms with Crippen molar-refractivity contribution in [3.05, 3.63) is 0 Å². The third-order valence-corrected chi connectivity index (χ3v) is 3.87. The van der Waals surface area contributed by atoms with Crippen LogP contribution >= 0.6 is 0 Å². The van der Waals surface area contributed by atoms with Gasteiger partial charge in [0.1, 0.15) is 36.5 Å². The molecule has 5 N–H and O–H groups in total. The summed E-state index contributed by atoms with van der Waals surface area (Å²) in [6.45, 7) is -0.0725. The Bertz CT molecular complexity index is 498. The SMILES string of the molecule is OCCNC1=NC=NC2C1N=CN2[C@@H]1O[C@H](CO)[C@@H](O)[C@H]1O. The molecule has 3 aliphatic rings. The van der Waals surface area contributed by atoms with Crippen LogP contribution in [0.2, 0.25) is 0 Å². The van der Waals surface area contributed by atoms with Gasteiger partial charge in [0.15, 0.2) is 12.4 Å². The number of amidine groups is 1. The Morgan fingerprint density at radius 3 is 2.73 bits per heavy atom. The normalized spacial score (nSPS) is 40.0. The van der Waals surface area contributed by atoms with E-state index in [-0.39, 0.29) is 13.2 Å². The highest BCUT2D eigenvalue weighted by atomic mass is 16.6. The first-order valence-corrected chi connectivity index (χ1v) is 7.04. The van der Waals surface area contributed by atoms with E-state index in [9.17, 15) is 10.2 Å². The average Bonchev–Trinajstić information content (AvgIpc) is 3.08. The van der Waals surface area contributed by atoms with Crippen LogP contribution in [0.25, 0.3) is 0 Å². The van der Waals surface area contributed by atoms with Gasteiger partial charge in [-0.25, -0.2) is 9.98 Å². The molecule has 0 bridgehead atoms. The molecule has 10 nitrogen and oxygen atoms in total. The molecule has 3 heterocycles. The fourth-order valence-corrected chi connectivity index (χ4v) is 2.74. The van der Waals surface area contributed by atoms with E-state index in [1.807, 2.05) is 0 Å². The van der Waals surface area contributed by atoms with Gasteiger partial charge in [0.2, 0.25) is 0 Å². The number of ether oxygens (including phenoxy) is 1. The van der Waals surface area contributed by atoms with E-state index in [0.29, 0.717) is 12.4 Å². The van der Waals surface area contributed by atoms with Crippen molar-refractivity contribution in [1.82, 2.24) is 10.2 Å². The summed E-state index contributed by atoms with van der Waals surface area (Å²) < 4.78 is 5.49. The largest absolute Gasteiger partial charge is 0.395 e. The maximum Gasteiger partial charge on any atom is 0.162 e. The molecule has 0 saturated carbocycles. The van der Waals surface area contributed by atoms with Gasteiger partial charge in [-0.15, -0.1) is 0 Å². The topological polar surface area (TPSA) is 142 Å². The summed E-state index contributed by atoms with van der Waals surface area (Å²) in [5.74, 6) is 0.569. The predicted molar refractivity (Wildman–Crippen MR) is 76.7 cm³/mol. The number of hydrogen-bond acceptors (Lipinski definition) is 10. The van der Waals surface area contributed by atoms with Crippen LogP contribution in [0.5, 0.6) is 0 Å². The molecule has 0 aliphatic carbocycles. The van der Waals surface area contributed by atoms with Crippen molar-refractivity contribution in [2.24, 2.45) is 15.0 Å². The predicted octanol–water partition coefficient (Wildman–Crippen LogP) is -3.51. The van der Waals surface area contributed by atoms with Crippen LogP contribution in [0.4, 0.5) is 0 Å². The van der Waals surface area contributed by atoms with Crippen LogP contribution in [0.3, 0.4) is 0 Å². The molecule has 0 aromatic heterocycles. The van der Waals surface area contributed by atoms with E-state index in [4.69, 9.17) is 14.9 Å². The highest BCUT2D eigenvalue weighted by Crippen LogP contribution is 2.29. The van der Waals surface area contributed by atoms with Crippen LogP contribution in [0.15, 0.2) is 15.0 Å².